The van der Waals surface area contributed by atoms with Crippen molar-refractivity contribution in [2.45, 2.75) is 13.3 Å². The fourth-order valence-electron chi connectivity index (χ4n) is 2.90. The summed E-state index contributed by atoms with van der Waals surface area (Å²) in [7, 11) is 0. The number of pyridine rings is 1. The number of fused-ring (bicyclic) bond motifs is 1. The highest BCUT2D eigenvalue weighted by atomic mass is 16.5. The number of rotatable bonds is 6. The second kappa shape index (κ2) is 7.43. The average molecular weight is 323 g/mol. The fraction of sp³-hybridized carbons (Fsp3) is 0.250. The van der Waals surface area contributed by atoms with Gasteiger partial charge in [-0.1, -0.05) is 30.3 Å². The second-order valence-electron chi connectivity index (χ2n) is 5.68. The van der Waals surface area contributed by atoms with Gasteiger partial charge in [0.1, 0.15) is 12.4 Å². The van der Waals surface area contributed by atoms with Gasteiger partial charge in [0.25, 0.3) is 0 Å². The fourth-order valence-corrected chi connectivity index (χ4v) is 2.90. The molecule has 124 valence electrons. The van der Waals surface area contributed by atoms with Crippen LogP contribution in [0.25, 0.3) is 22.2 Å². The lowest BCUT2D eigenvalue weighted by molar-refractivity contribution is 0.202. The number of benzene rings is 2. The van der Waals surface area contributed by atoms with Gasteiger partial charge in [-0.15, -0.1) is 0 Å². The smallest absolute Gasteiger partial charge is 0.128 e. The van der Waals surface area contributed by atoms with Crippen LogP contribution in [0.1, 0.15) is 11.1 Å². The Morgan fingerprint density at radius 2 is 1.83 bits per heavy atom. The number of ether oxygens (including phenoxy) is 1. The third-order valence-corrected chi connectivity index (χ3v) is 4.02. The average Bonchev–Trinajstić information content (AvgIpc) is 2.61. The van der Waals surface area contributed by atoms with E-state index < -0.39 is 0 Å². The first-order valence-corrected chi connectivity index (χ1v) is 8.07. The molecular formula is C20H21NO3. The molecule has 0 radical (unpaired) electrons. The van der Waals surface area contributed by atoms with E-state index in [0.717, 1.165) is 33.3 Å². The molecule has 0 spiro atoms. The molecule has 0 aliphatic carbocycles. The van der Waals surface area contributed by atoms with Crippen molar-refractivity contribution in [3.8, 4) is 17.0 Å². The van der Waals surface area contributed by atoms with Gasteiger partial charge >= 0.3 is 0 Å². The van der Waals surface area contributed by atoms with Crippen LogP contribution >= 0.6 is 0 Å². The van der Waals surface area contributed by atoms with Crippen LogP contribution < -0.4 is 4.74 Å². The number of aryl methyl sites for hydroxylation is 1. The Kier molecular flexibility index (Phi) is 5.08. The van der Waals surface area contributed by atoms with Crippen LogP contribution in [0.3, 0.4) is 0 Å². The van der Waals surface area contributed by atoms with Gasteiger partial charge in [-0.2, -0.15) is 0 Å². The van der Waals surface area contributed by atoms with Gasteiger partial charge < -0.3 is 14.9 Å². The summed E-state index contributed by atoms with van der Waals surface area (Å²) < 4.78 is 5.64. The summed E-state index contributed by atoms with van der Waals surface area (Å²) in [6.07, 6.45) is 0.579. The van der Waals surface area contributed by atoms with Gasteiger partial charge in [-0.25, -0.2) is 4.98 Å². The standard InChI is InChI=1S/C20H21NO3/c1-14-13-18(17-6-2-3-8-19(17)24-12-11-23)21-20-15(9-10-22)5-4-7-16(14)20/h2-8,13,22-23H,9-12H2,1H3. The maximum Gasteiger partial charge on any atom is 0.128 e. The van der Waals surface area contributed by atoms with Gasteiger partial charge in [-0.05, 0) is 42.7 Å². The molecule has 0 aliphatic heterocycles. The van der Waals surface area contributed by atoms with Crippen molar-refractivity contribution in [2.24, 2.45) is 0 Å². The van der Waals surface area contributed by atoms with Crippen molar-refractivity contribution in [3.63, 3.8) is 0 Å². The molecule has 24 heavy (non-hydrogen) atoms. The molecule has 0 fully saturated rings. The van der Waals surface area contributed by atoms with Crippen molar-refractivity contribution in [1.29, 1.82) is 0 Å². The molecule has 0 saturated heterocycles. The van der Waals surface area contributed by atoms with Crippen LogP contribution in [-0.4, -0.2) is 35.0 Å². The molecule has 4 nitrogen and oxygen atoms in total. The van der Waals surface area contributed by atoms with Crippen molar-refractivity contribution in [2.75, 3.05) is 19.8 Å². The van der Waals surface area contributed by atoms with E-state index in [9.17, 15) is 5.11 Å². The number of para-hydroxylation sites is 2. The lowest BCUT2D eigenvalue weighted by atomic mass is 10.0. The maximum absolute atomic E-state index is 9.30. The van der Waals surface area contributed by atoms with Crippen molar-refractivity contribution in [1.82, 2.24) is 4.98 Å². The van der Waals surface area contributed by atoms with Crippen LogP contribution in [0.5, 0.6) is 5.75 Å². The molecule has 0 saturated carbocycles. The Hall–Kier alpha value is -2.43. The minimum Gasteiger partial charge on any atom is -0.490 e. The zero-order valence-corrected chi connectivity index (χ0v) is 13.7. The van der Waals surface area contributed by atoms with E-state index in [-0.39, 0.29) is 19.8 Å². The van der Waals surface area contributed by atoms with E-state index in [1.165, 1.54) is 0 Å². The first-order valence-electron chi connectivity index (χ1n) is 8.07. The van der Waals surface area contributed by atoms with E-state index in [4.69, 9.17) is 14.8 Å². The normalized spacial score (nSPS) is 11.0. The monoisotopic (exact) mass is 323 g/mol. The van der Waals surface area contributed by atoms with E-state index in [1.54, 1.807) is 0 Å². The molecular weight excluding hydrogens is 302 g/mol. The Bertz CT molecular complexity index is 845. The second-order valence-corrected chi connectivity index (χ2v) is 5.68. The van der Waals surface area contributed by atoms with E-state index >= 15 is 0 Å². The highest BCUT2D eigenvalue weighted by Crippen LogP contribution is 2.32. The number of hydrogen-bond donors (Lipinski definition) is 2. The molecule has 3 aromatic rings. The molecule has 0 atom stereocenters. The number of aliphatic hydroxyl groups excluding tert-OH is 2. The van der Waals surface area contributed by atoms with Crippen LogP contribution in [0.4, 0.5) is 0 Å². The largest absolute Gasteiger partial charge is 0.490 e. The van der Waals surface area contributed by atoms with E-state index in [1.807, 2.05) is 42.5 Å². The van der Waals surface area contributed by atoms with Gasteiger partial charge in [0.05, 0.1) is 17.8 Å². The summed E-state index contributed by atoms with van der Waals surface area (Å²) in [6, 6.07) is 15.8. The molecule has 0 bridgehead atoms. The van der Waals surface area contributed by atoms with Gasteiger partial charge in [0.15, 0.2) is 0 Å². The first-order chi connectivity index (χ1) is 11.7. The topological polar surface area (TPSA) is 62.6 Å². The molecule has 4 heteroatoms. The predicted molar refractivity (Wildman–Crippen MR) is 95.3 cm³/mol. The summed E-state index contributed by atoms with van der Waals surface area (Å²) in [5.41, 5.74) is 4.81. The molecule has 1 aromatic heterocycles. The van der Waals surface area contributed by atoms with E-state index in [2.05, 4.69) is 13.0 Å². The van der Waals surface area contributed by atoms with E-state index in [0.29, 0.717) is 12.2 Å². The number of nitrogens with zero attached hydrogens (tertiary/aromatic N) is 1. The van der Waals surface area contributed by atoms with Crippen LogP contribution in [0.15, 0.2) is 48.5 Å². The van der Waals surface area contributed by atoms with Crippen molar-refractivity contribution in [3.05, 3.63) is 59.7 Å². The lowest BCUT2D eigenvalue weighted by Crippen LogP contribution is -2.03. The summed E-state index contributed by atoms with van der Waals surface area (Å²) in [6.45, 7) is 2.38. The molecule has 0 amide bonds. The minimum atomic E-state index is -0.0286. The van der Waals surface area contributed by atoms with Gasteiger partial charge in [-0.3, -0.25) is 0 Å². The van der Waals surface area contributed by atoms with Crippen LogP contribution in [0, 0.1) is 6.92 Å². The Labute approximate surface area is 141 Å². The summed E-state index contributed by atoms with van der Waals surface area (Å²) in [4.78, 5) is 4.84. The lowest BCUT2D eigenvalue weighted by Gasteiger charge is -2.13. The third-order valence-electron chi connectivity index (χ3n) is 4.02. The Morgan fingerprint density at radius 3 is 2.62 bits per heavy atom. The molecule has 2 aromatic carbocycles. The molecule has 0 aliphatic rings. The van der Waals surface area contributed by atoms with Crippen molar-refractivity contribution < 1.29 is 14.9 Å². The molecule has 0 unspecified atom stereocenters. The highest BCUT2D eigenvalue weighted by Gasteiger charge is 2.12. The zero-order chi connectivity index (χ0) is 16.9. The highest BCUT2D eigenvalue weighted by molar-refractivity contribution is 5.88. The zero-order valence-electron chi connectivity index (χ0n) is 13.7. The maximum atomic E-state index is 9.30. The van der Waals surface area contributed by atoms with Crippen LogP contribution in [0.2, 0.25) is 0 Å². The summed E-state index contributed by atoms with van der Waals surface area (Å²) in [5.74, 6) is 0.706. The number of hydrogen-bond acceptors (Lipinski definition) is 4. The number of aliphatic hydroxyl groups is 2. The number of aromatic nitrogens is 1. The minimum absolute atomic E-state index is 0.0286. The Balaban J connectivity index is 2.16. The summed E-state index contributed by atoms with van der Waals surface area (Å²) in [5, 5.41) is 19.4. The quantitative estimate of drug-likeness (QED) is 0.732. The molecule has 2 N–H and O–H groups in total. The van der Waals surface area contributed by atoms with Gasteiger partial charge in [0.2, 0.25) is 0 Å². The third kappa shape index (κ3) is 3.25. The summed E-state index contributed by atoms with van der Waals surface area (Å²) >= 11 is 0. The Morgan fingerprint density at radius 1 is 1.00 bits per heavy atom. The van der Waals surface area contributed by atoms with Gasteiger partial charge in [0, 0.05) is 17.6 Å². The first kappa shape index (κ1) is 16.4. The predicted octanol–water partition coefficient (Wildman–Crippen LogP) is 3.12. The van der Waals surface area contributed by atoms with Crippen molar-refractivity contribution >= 4 is 10.9 Å². The molecule has 3 rings (SSSR count). The SMILES string of the molecule is Cc1cc(-c2ccccc2OCCO)nc2c(CCO)cccc12. The van der Waals surface area contributed by atoms with Crippen LogP contribution in [-0.2, 0) is 6.42 Å². The molecule has 1 heterocycles.